The summed E-state index contributed by atoms with van der Waals surface area (Å²) in [6.07, 6.45) is 2.71. The SMILES string of the molecule is CC[C@H]1CS[C@@H](CC)CS1. The van der Waals surface area contributed by atoms with E-state index in [1.54, 1.807) is 0 Å². The summed E-state index contributed by atoms with van der Waals surface area (Å²) in [5.74, 6) is 2.78. The first-order valence-electron chi connectivity index (χ1n) is 4.10. The summed E-state index contributed by atoms with van der Waals surface area (Å²) < 4.78 is 0. The molecule has 2 heteroatoms. The first-order valence-corrected chi connectivity index (χ1v) is 6.19. The molecule has 0 unspecified atom stereocenters. The molecule has 2 atom stereocenters. The molecule has 0 aromatic carbocycles. The van der Waals surface area contributed by atoms with Crippen LogP contribution in [-0.2, 0) is 0 Å². The molecule has 1 heterocycles. The second kappa shape index (κ2) is 4.55. The molecule has 0 spiro atoms. The predicted molar refractivity (Wildman–Crippen MR) is 53.1 cm³/mol. The highest BCUT2D eigenvalue weighted by Gasteiger charge is 2.18. The molecule has 0 aromatic heterocycles. The summed E-state index contributed by atoms with van der Waals surface area (Å²) in [6.45, 7) is 4.59. The number of hydrogen-bond acceptors (Lipinski definition) is 2. The van der Waals surface area contributed by atoms with Crippen LogP contribution in [0.15, 0.2) is 0 Å². The topological polar surface area (TPSA) is 0 Å². The van der Waals surface area contributed by atoms with Crippen LogP contribution in [0.25, 0.3) is 0 Å². The van der Waals surface area contributed by atoms with E-state index in [4.69, 9.17) is 0 Å². The standard InChI is InChI=1S/C8H16S2/c1-3-7-5-10-8(4-2)6-9-7/h7-8H,3-6H2,1-2H3/t7-,8-/m0/s1. The van der Waals surface area contributed by atoms with Gasteiger partial charge in [-0.25, -0.2) is 0 Å². The van der Waals surface area contributed by atoms with Crippen molar-refractivity contribution in [2.24, 2.45) is 0 Å². The molecular formula is C8H16S2. The minimum absolute atomic E-state index is 0.952. The Labute approximate surface area is 72.5 Å². The fourth-order valence-electron chi connectivity index (χ4n) is 1.05. The Morgan fingerprint density at radius 1 is 1.00 bits per heavy atom. The first kappa shape index (κ1) is 8.79. The molecule has 60 valence electrons. The van der Waals surface area contributed by atoms with Crippen molar-refractivity contribution in [1.82, 2.24) is 0 Å². The second-order valence-electron chi connectivity index (χ2n) is 2.73. The average Bonchev–Trinajstić information content (AvgIpc) is 2.05. The normalized spacial score (nSPS) is 34.2. The van der Waals surface area contributed by atoms with Crippen LogP contribution in [-0.4, -0.2) is 22.0 Å². The molecule has 1 saturated heterocycles. The molecule has 1 rings (SSSR count). The van der Waals surface area contributed by atoms with Gasteiger partial charge in [0.15, 0.2) is 0 Å². The van der Waals surface area contributed by atoms with Gasteiger partial charge < -0.3 is 0 Å². The highest BCUT2D eigenvalue weighted by Crippen LogP contribution is 2.32. The van der Waals surface area contributed by atoms with Crippen LogP contribution in [0, 0.1) is 0 Å². The maximum Gasteiger partial charge on any atom is 0.0136 e. The van der Waals surface area contributed by atoms with Gasteiger partial charge in [0.2, 0.25) is 0 Å². The zero-order valence-electron chi connectivity index (χ0n) is 6.80. The molecule has 10 heavy (non-hydrogen) atoms. The molecular weight excluding hydrogens is 160 g/mol. The molecule has 0 aromatic rings. The summed E-state index contributed by atoms with van der Waals surface area (Å²) in [7, 11) is 0. The second-order valence-corrected chi connectivity index (χ2v) is 5.39. The zero-order valence-corrected chi connectivity index (χ0v) is 8.43. The van der Waals surface area contributed by atoms with E-state index in [2.05, 4.69) is 37.4 Å². The van der Waals surface area contributed by atoms with E-state index in [0.717, 1.165) is 10.5 Å². The summed E-state index contributed by atoms with van der Waals surface area (Å²) in [5.41, 5.74) is 0. The monoisotopic (exact) mass is 176 g/mol. The van der Waals surface area contributed by atoms with Crippen LogP contribution < -0.4 is 0 Å². The van der Waals surface area contributed by atoms with E-state index in [9.17, 15) is 0 Å². The van der Waals surface area contributed by atoms with Crippen LogP contribution in [0.3, 0.4) is 0 Å². The minimum Gasteiger partial charge on any atom is -0.157 e. The van der Waals surface area contributed by atoms with Gasteiger partial charge in [-0.05, 0) is 12.8 Å². The summed E-state index contributed by atoms with van der Waals surface area (Å²) >= 11 is 4.35. The minimum atomic E-state index is 0.952. The summed E-state index contributed by atoms with van der Waals surface area (Å²) in [4.78, 5) is 0. The molecule has 0 N–H and O–H groups in total. The van der Waals surface area contributed by atoms with Crippen molar-refractivity contribution < 1.29 is 0 Å². The van der Waals surface area contributed by atoms with Gasteiger partial charge in [-0.15, -0.1) is 0 Å². The lowest BCUT2D eigenvalue weighted by atomic mass is 10.3. The van der Waals surface area contributed by atoms with Crippen molar-refractivity contribution in [2.45, 2.75) is 37.2 Å². The third kappa shape index (κ3) is 2.39. The van der Waals surface area contributed by atoms with E-state index in [0.29, 0.717) is 0 Å². The van der Waals surface area contributed by atoms with Crippen LogP contribution in [0.2, 0.25) is 0 Å². The zero-order chi connectivity index (χ0) is 7.40. The van der Waals surface area contributed by atoms with Gasteiger partial charge in [-0.2, -0.15) is 23.5 Å². The van der Waals surface area contributed by atoms with Crippen molar-refractivity contribution >= 4 is 23.5 Å². The lowest BCUT2D eigenvalue weighted by molar-refractivity contribution is 0.861. The van der Waals surface area contributed by atoms with Gasteiger partial charge in [0.1, 0.15) is 0 Å². The third-order valence-corrected chi connectivity index (χ3v) is 5.50. The van der Waals surface area contributed by atoms with Gasteiger partial charge in [-0.1, -0.05) is 13.8 Å². The Morgan fingerprint density at radius 2 is 1.40 bits per heavy atom. The van der Waals surface area contributed by atoms with Crippen molar-refractivity contribution in [1.29, 1.82) is 0 Å². The fraction of sp³-hybridized carbons (Fsp3) is 1.00. The van der Waals surface area contributed by atoms with E-state index < -0.39 is 0 Å². The molecule has 0 radical (unpaired) electrons. The Morgan fingerprint density at radius 3 is 1.60 bits per heavy atom. The van der Waals surface area contributed by atoms with Gasteiger partial charge in [0.05, 0.1) is 0 Å². The van der Waals surface area contributed by atoms with Crippen LogP contribution in [0.4, 0.5) is 0 Å². The molecule has 0 saturated carbocycles. The smallest absolute Gasteiger partial charge is 0.0136 e. The molecule has 0 bridgehead atoms. The van der Waals surface area contributed by atoms with Crippen molar-refractivity contribution in [3.05, 3.63) is 0 Å². The average molecular weight is 176 g/mol. The molecule has 1 fully saturated rings. The van der Waals surface area contributed by atoms with Crippen molar-refractivity contribution in [3.8, 4) is 0 Å². The Hall–Kier alpha value is 0.700. The maximum absolute atomic E-state index is 2.30. The lowest BCUT2D eigenvalue weighted by Gasteiger charge is -2.25. The van der Waals surface area contributed by atoms with E-state index in [-0.39, 0.29) is 0 Å². The van der Waals surface area contributed by atoms with Crippen LogP contribution >= 0.6 is 23.5 Å². The largest absolute Gasteiger partial charge is 0.157 e. The molecule has 0 amide bonds. The van der Waals surface area contributed by atoms with Crippen molar-refractivity contribution in [3.63, 3.8) is 0 Å². The maximum atomic E-state index is 2.30. The molecule has 0 nitrogen and oxygen atoms in total. The summed E-state index contributed by atoms with van der Waals surface area (Å²) in [6, 6.07) is 0. The third-order valence-electron chi connectivity index (χ3n) is 1.95. The number of rotatable bonds is 2. The van der Waals surface area contributed by atoms with Gasteiger partial charge in [0.25, 0.3) is 0 Å². The Kier molecular flexibility index (Phi) is 4.00. The predicted octanol–water partition coefficient (Wildman–Crippen LogP) is 3.02. The number of thioether (sulfide) groups is 2. The highest BCUT2D eigenvalue weighted by atomic mass is 32.2. The summed E-state index contributed by atoms with van der Waals surface area (Å²) in [5, 5.41) is 1.90. The van der Waals surface area contributed by atoms with Gasteiger partial charge in [0, 0.05) is 22.0 Å². The molecule has 1 aliphatic rings. The molecule has 1 aliphatic heterocycles. The van der Waals surface area contributed by atoms with E-state index in [1.165, 1.54) is 24.3 Å². The lowest BCUT2D eigenvalue weighted by Crippen LogP contribution is -2.19. The van der Waals surface area contributed by atoms with Crippen LogP contribution in [0.5, 0.6) is 0 Å². The molecule has 0 aliphatic carbocycles. The van der Waals surface area contributed by atoms with E-state index >= 15 is 0 Å². The van der Waals surface area contributed by atoms with Crippen LogP contribution in [0.1, 0.15) is 26.7 Å². The van der Waals surface area contributed by atoms with Crippen molar-refractivity contribution in [2.75, 3.05) is 11.5 Å². The Bertz CT molecular complexity index is 73.3. The van der Waals surface area contributed by atoms with E-state index in [1.807, 2.05) is 0 Å². The van der Waals surface area contributed by atoms with Gasteiger partial charge in [-0.3, -0.25) is 0 Å². The fourth-order valence-corrected chi connectivity index (χ4v) is 4.21. The highest BCUT2D eigenvalue weighted by molar-refractivity contribution is 8.07. The van der Waals surface area contributed by atoms with Gasteiger partial charge >= 0.3 is 0 Å². The first-order chi connectivity index (χ1) is 4.86. The number of hydrogen-bond donors (Lipinski definition) is 0. The Balaban J connectivity index is 2.17. The quantitative estimate of drug-likeness (QED) is 0.634.